The second-order valence-electron chi connectivity index (χ2n) is 7.74. The number of carbonyl (C=O) groups excluding carboxylic acids is 1. The Labute approximate surface area is 169 Å². The number of nitrogens with two attached hydrogens (primary N) is 1. The standard InChI is InChI=1S/C21H23N3O4S/c1-12-4-8-14(9-5-12)18-17(19(22)25)16-11-15(10-13-6-7-13)20(23-21(16)28-18)24(2)29(3,26)27/h4-5,8-9,11,13H,6-7,10H2,1-3H3,(H2,22,25). The highest BCUT2D eigenvalue weighted by Gasteiger charge is 2.29. The third-order valence-corrected chi connectivity index (χ3v) is 6.47. The van der Waals surface area contributed by atoms with Crippen LogP contribution in [0.15, 0.2) is 34.7 Å². The average molecular weight is 413 g/mol. The van der Waals surface area contributed by atoms with Crippen molar-refractivity contribution in [3.8, 4) is 11.3 Å². The highest BCUT2D eigenvalue weighted by Crippen LogP contribution is 2.39. The Balaban J connectivity index is 1.96. The number of amides is 1. The molecule has 0 bridgehead atoms. The van der Waals surface area contributed by atoms with Gasteiger partial charge in [-0.2, -0.15) is 4.98 Å². The summed E-state index contributed by atoms with van der Waals surface area (Å²) in [5.41, 5.74) is 8.71. The number of hydrogen-bond acceptors (Lipinski definition) is 5. The van der Waals surface area contributed by atoms with Crippen molar-refractivity contribution in [2.75, 3.05) is 17.6 Å². The van der Waals surface area contributed by atoms with Gasteiger partial charge >= 0.3 is 0 Å². The van der Waals surface area contributed by atoms with Crippen LogP contribution in [0.25, 0.3) is 22.4 Å². The highest BCUT2D eigenvalue weighted by molar-refractivity contribution is 7.92. The van der Waals surface area contributed by atoms with E-state index in [1.54, 1.807) is 6.07 Å². The smallest absolute Gasteiger partial charge is 0.253 e. The van der Waals surface area contributed by atoms with Gasteiger partial charge in [-0.15, -0.1) is 0 Å². The monoisotopic (exact) mass is 413 g/mol. The summed E-state index contributed by atoms with van der Waals surface area (Å²) in [7, 11) is -2.03. The molecule has 29 heavy (non-hydrogen) atoms. The van der Waals surface area contributed by atoms with Crippen LogP contribution in [0.5, 0.6) is 0 Å². The van der Waals surface area contributed by atoms with E-state index in [-0.39, 0.29) is 11.3 Å². The summed E-state index contributed by atoms with van der Waals surface area (Å²) in [6.45, 7) is 1.97. The van der Waals surface area contributed by atoms with E-state index < -0.39 is 15.9 Å². The number of rotatable bonds is 6. The molecule has 4 rings (SSSR count). The number of aryl methyl sites for hydroxylation is 1. The second-order valence-corrected chi connectivity index (χ2v) is 9.75. The van der Waals surface area contributed by atoms with Gasteiger partial charge in [-0.05, 0) is 43.7 Å². The average Bonchev–Trinajstić information content (AvgIpc) is 3.38. The van der Waals surface area contributed by atoms with Gasteiger partial charge in [-0.25, -0.2) is 8.42 Å². The summed E-state index contributed by atoms with van der Waals surface area (Å²) in [5.74, 6) is 0.563. The first-order chi connectivity index (χ1) is 13.6. The molecule has 1 aliphatic carbocycles. The number of anilines is 1. The Morgan fingerprint density at radius 1 is 1.28 bits per heavy atom. The Bertz CT molecular complexity index is 1210. The zero-order valence-electron chi connectivity index (χ0n) is 16.6. The summed E-state index contributed by atoms with van der Waals surface area (Å²) < 4.78 is 31.4. The predicted octanol–water partition coefficient (Wildman–Crippen LogP) is 3.25. The van der Waals surface area contributed by atoms with Crippen LogP contribution in [0.4, 0.5) is 5.82 Å². The number of primary amides is 1. The fraction of sp³-hybridized carbons (Fsp3) is 0.333. The molecule has 1 saturated carbocycles. The van der Waals surface area contributed by atoms with Gasteiger partial charge in [0.25, 0.3) is 5.91 Å². The number of pyridine rings is 1. The number of sulfonamides is 1. The quantitative estimate of drug-likeness (QED) is 0.668. The SMILES string of the molecule is Cc1ccc(-c2oc3nc(N(C)S(C)(=O)=O)c(CC4CC4)cc3c2C(N)=O)cc1. The summed E-state index contributed by atoms with van der Waals surface area (Å²) in [6.07, 6.45) is 4.03. The molecular weight excluding hydrogens is 390 g/mol. The summed E-state index contributed by atoms with van der Waals surface area (Å²) in [4.78, 5) is 16.8. The number of aromatic nitrogens is 1. The maximum atomic E-state index is 12.3. The lowest BCUT2D eigenvalue weighted by Crippen LogP contribution is -2.27. The van der Waals surface area contributed by atoms with Crippen LogP contribution < -0.4 is 10.0 Å². The van der Waals surface area contributed by atoms with Crippen molar-refractivity contribution < 1.29 is 17.6 Å². The van der Waals surface area contributed by atoms with Crippen LogP contribution in [0.2, 0.25) is 0 Å². The molecular formula is C21H23N3O4S. The van der Waals surface area contributed by atoms with Gasteiger partial charge in [0, 0.05) is 12.6 Å². The molecule has 0 unspecified atom stereocenters. The van der Waals surface area contributed by atoms with E-state index in [9.17, 15) is 13.2 Å². The maximum absolute atomic E-state index is 12.3. The minimum atomic E-state index is -3.50. The maximum Gasteiger partial charge on any atom is 0.253 e. The number of benzene rings is 1. The van der Waals surface area contributed by atoms with Crippen molar-refractivity contribution in [2.24, 2.45) is 11.7 Å². The number of carbonyl (C=O) groups is 1. The van der Waals surface area contributed by atoms with Crippen molar-refractivity contribution in [3.63, 3.8) is 0 Å². The van der Waals surface area contributed by atoms with E-state index in [1.807, 2.05) is 31.2 Å². The molecule has 8 heteroatoms. The first-order valence-electron chi connectivity index (χ1n) is 9.42. The lowest BCUT2D eigenvalue weighted by molar-refractivity contribution is 0.100. The summed E-state index contributed by atoms with van der Waals surface area (Å²) in [5, 5.41) is 0.509. The van der Waals surface area contributed by atoms with Gasteiger partial charge in [0.2, 0.25) is 15.7 Å². The van der Waals surface area contributed by atoms with E-state index >= 15 is 0 Å². The number of furan rings is 1. The molecule has 3 aromatic rings. The normalized spacial score (nSPS) is 14.3. The Morgan fingerprint density at radius 3 is 2.48 bits per heavy atom. The Hall–Kier alpha value is -2.87. The van der Waals surface area contributed by atoms with E-state index in [4.69, 9.17) is 10.2 Å². The first-order valence-corrected chi connectivity index (χ1v) is 11.3. The molecule has 0 saturated heterocycles. The minimum absolute atomic E-state index is 0.194. The molecule has 7 nitrogen and oxygen atoms in total. The van der Waals surface area contributed by atoms with Gasteiger partial charge < -0.3 is 10.2 Å². The molecule has 2 heterocycles. The lowest BCUT2D eigenvalue weighted by Gasteiger charge is -2.19. The highest BCUT2D eigenvalue weighted by atomic mass is 32.2. The van der Waals surface area contributed by atoms with Gasteiger partial charge in [0.15, 0.2) is 0 Å². The van der Waals surface area contributed by atoms with Crippen LogP contribution in [-0.4, -0.2) is 32.6 Å². The topological polar surface area (TPSA) is 106 Å². The Morgan fingerprint density at radius 2 is 1.93 bits per heavy atom. The minimum Gasteiger partial charge on any atom is -0.437 e. The number of hydrogen-bond donors (Lipinski definition) is 1. The lowest BCUT2D eigenvalue weighted by atomic mass is 10.0. The largest absolute Gasteiger partial charge is 0.437 e. The zero-order chi connectivity index (χ0) is 20.9. The predicted molar refractivity (Wildman–Crippen MR) is 112 cm³/mol. The summed E-state index contributed by atoms with van der Waals surface area (Å²) >= 11 is 0. The van der Waals surface area contributed by atoms with Crippen LogP contribution in [0.1, 0.15) is 34.3 Å². The van der Waals surface area contributed by atoms with Crippen LogP contribution in [-0.2, 0) is 16.4 Å². The zero-order valence-corrected chi connectivity index (χ0v) is 17.4. The van der Waals surface area contributed by atoms with E-state index in [0.717, 1.165) is 34.5 Å². The molecule has 1 fully saturated rings. The molecule has 2 N–H and O–H groups in total. The molecule has 0 atom stereocenters. The van der Waals surface area contributed by atoms with E-state index in [2.05, 4.69) is 4.98 Å². The molecule has 1 amide bonds. The molecule has 2 aromatic heterocycles. The third kappa shape index (κ3) is 3.72. The fourth-order valence-corrected chi connectivity index (χ4v) is 3.89. The van der Waals surface area contributed by atoms with Gasteiger partial charge in [-0.1, -0.05) is 29.8 Å². The van der Waals surface area contributed by atoms with Crippen molar-refractivity contribution in [3.05, 3.63) is 47.0 Å². The first kappa shape index (κ1) is 19.4. The van der Waals surface area contributed by atoms with Gasteiger partial charge in [0.05, 0.1) is 17.2 Å². The third-order valence-electron chi connectivity index (χ3n) is 5.30. The van der Waals surface area contributed by atoms with Crippen LogP contribution >= 0.6 is 0 Å². The van der Waals surface area contributed by atoms with Crippen molar-refractivity contribution in [1.29, 1.82) is 0 Å². The molecule has 0 aliphatic heterocycles. The number of nitrogens with zero attached hydrogens (tertiary/aromatic N) is 2. The summed E-state index contributed by atoms with van der Waals surface area (Å²) in [6, 6.07) is 9.35. The molecule has 1 aromatic carbocycles. The number of fused-ring (bicyclic) bond motifs is 1. The van der Waals surface area contributed by atoms with Crippen molar-refractivity contribution in [1.82, 2.24) is 4.98 Å². The second kappa shape index (κ2) is 6.88. The van der Waals surface area contributed by atoms with Gasteiger partial charge in [-0.3, -0.25) is 9.10 Å². The van der Waals surface area contributed by atoms with E-state index in [1.165, 1.54) is 7.05 Å². The van der Waals surface area contributed by atoms with Crippen LogP contribution in [0.3, 0.4) is 0 Å². The Kier molecular flexibility index (Phi) is 4.61. The molecule has 152 valence electrons. The fourth-order valence-electron chi connectivity index (χ4n) is 3.42. The van der Waals surface area contributed by atoms with Crippen molar-refractivity contribution >= 4 is 32.8 Å². The molecule has 1 aliphatic rings. The molecule has 0 radical (unpaired) electrons. The molecule has 0 spiro atoms. The van der Waals surface area contributed by atoms with Crippen molar-refractivity contribution in [2.45, 2.75) is 26.2 Å². The van der Waals surface area contributed by atoms with Gasteiger partial charge in [0.1, 0.15) is 11.6 Å². The van der Waals surface area contributed by atoms with E-state index in [0.29, 0.717) is 34.9 Å². The van der Waals surface area contributed by atoms with Crippen LogP contribution in [0, 0.1) is 12.8 Å².